The van der Waals surface area contributed by atoms with Gasteiger partial charge in [0.15, 0.2) is 0 Å². The number of nitrogens with zero attached hydrogens (tertiary/aromatic N) is 3. The number of nitrogens with two attached hydrogens (primary N) is 1. The first kappa shape index (κ1) is 17.3. The number of fused-ring (bicyclic) bond motifs is 1. The van der Waals surface area contributed by atoms with Crippen LogP contribution in [0, 0.1) is 0 Å². The highest BCUT2D eigenvalue weighted by Crippen LogP contribution is 2.40. The van der Waals surface area contributed by atoms with Crippen LogP contribution in [-0.4, -0.2) is 51.8 Å². The first-order valence-electron chi connectivity index (χ1n) is 7.40. The van der Waals surface area contributed by atoms with E-state index in [0.29, 0.717) is 17.1 Å². The normalized spacial score (nSPS) is 24.2. The van der Waals surface area contributed by atoms with E-state index in [2.05, 4.69) is 9.59 Å². The Morgan fingerprint density at radius 1 is 1.46 bits per heavy atom. The topological polar surface area (TPSA) is 98.4 Å². The van der Waals surface area contributed by atoms with Crippen molar-refractivity contribution in [3.8, 4) is 0 Å². The van der Waals surface area contributed by atoms with Crippen LogP contribution in [0.1, 0.15) is 5.69 Å². The summed E-state index contributed by atoms with van der Waals surface area (Å²) in [7, 11) is -2.08. The van der Waals surface area contributed by atoms with Crippen molar-refractivity contribution in [2.24, 2.45) is 5.73 Å². The molecule has 2 aliphatic heterocycles. The summed E-state index contributed by atoms with van der Waals surface area (Å²) in [6.07, 6.45) is 3.59. The lowest BCUT2D eigenvalue weighted by Crippen LogP contribution is -2.68. The van der Waals surface area contributed by atoms with Gasteiger partial charge in [0, 0.05) is 11.1 Å². The van der Waals surface area contributed by atoms with Crippen molar-refractivity contribution < 1.29 is 14.0 Å². The monoisotopic (exact) mass is 382 g/mol. The fourth-order valence-electron chi connectivity index (χ4n) is 2.41. The predicted octanol–water partition coefficient (Wildman–Crippen LogP) is 1.43. The van der Waals surface area contributed by atoms with Crippen LogP contribution in [0.4, 0.5) is 0 Å². The number of carbonyl (C=O) groups is 2. The standard InChI is InChI=1S/C14H18N4O3S2Si/c1-24(2,3)21-14(20)11-8(4-5-9-7-23-17-16-9)6-22-13-10(15)12(19)18(11)13/h4-5,7,10,13H,6,15H2,1-3H3/b5-4-/t10?,13-/m1/s1. The van der Waals surface area contributed by atoms with Crippen LogP contribution >= 0.6 is 23.3 Å². The van der Waals surface area contributed by atoms with Crippen molar-refractivity contribution in [3.05, 3.63) is 28.4 Å². The molecule has 0 radical (unpaired) electrons. The number of hydrogen-bond acceptors (Lipinski definition) is 8. The summed E-state index contributed by atoms with van der Waals surface area (Å²) in [6.45, 7) is 5.79. The molecule has 1 fully saturated rings. The van der Waals surface area contributed by atoms with Gasteiger partial charge in [0.05, 0.1) is 5.69 Å². The van der Waals surface area contributed by atoms with Gasteiger partial charge in [-0.3, -0.25) is 9.69 Å². The van der Waals surface area contributed by atoms with Gasteiger partial charge in [-0.1, -0.05) is 10.6 Å². The molecule has 2 N–H and O–H groups in total. The van der Waals surface area contributed by atoms with Gasteiger partial charge in [-0.25, -0.2) is 4.79 Å². The van der Waals surface area contributed by atoms with Gasteiger partial charge in [0.1, 0.15) is 17.1 Å². The molecule has 0 saturated carbocycles. The van der Waals surface area contributed by atoms with Crippen LogP contribution in [0.3, 0.4) is 0 Å². The van der Waals surface area contributed by atoms with Gasteiger partial charge in [-0.05, 0) is 42.8 Å². The summed E-state index contributed by atoms with van der Waals surface area (Å²) >= 11 is 2.80. The number of thioether (sulfide) groups is 1. The van der Waals surface area contributed by atoms with Crippen molar-refractivity contribution in [1.82, 2.24) is 14.5 Å². The summed E-state index contributed by atoms with van der Waals surface area (Å²) in [4.78, 5) is 26.3. The number of hydrogen-bond donors (Lipinski definition) is 1. The lowest BCUT2D eigenvalue weighted by molar-refractivity contribution is -0.147. The van der Waals surface area contributed by atoms with Gasteiger partial charge in [0.2, 0.25) is 14.2 Å². The average molecular weight is 383 g/mol. The molecule has 24 heavy (non-hydrogen) atoms. The third-order valence-electron chi connectivity index (χ3n) is 3.46. The maximum atomic E-state index is 12.7. The second-order valence-corrected chi connectivity index (χ2v) is 12.6. The molecule has 1 aromatic rings. The summed E-state index contributed by atoms with van der Waals surface area (Å²) in [5.74, 6) is -0.0986. The molecule has 0 bridgehead atoms. The molecule has 3 heterocycles. The Balaban J connectivity index is 1.95. The molecule has 1 unspecified atom stereocenters. The van der Waals surface area contributed by atoms with E-state index in [0.717, 1.165) is 5.57 Å². The molecule has 128 valence electrons. The molecule has 3 rings (SSSR count). The number of amides is 1. The Bertz CT molecular complexity index is 727. The Labute approximate surface area is 149 Å². The van der Waals surface area contributed by atoms with Crippen molar-refractivity contribution in [1.29, 1.82) is 0 Å². The molecule has 2 aliphatic rings. The van der Waals surface area contributed by atoms with E-state index in [-0.39, 0.29) is 11.3 Å². The van der Waals surface area contributed by atoms with Gasteiger partial charge < -0.3 is 10.2 Å². The molecule has 2 atom stereocenters. The van der Waals surface area contributed by atoms with Crippen LogP contribution in [0.15, 0.2) is 22.7 Å². The Hall–Kier alpha value is -1.49. The fraction of sp³-hybridized carbons (Fsp3) is 0.429. The highest BCUT2D eigenvalue weighted by Gasteiger charge is 2.52. The minimum atomic E-state index is -2.08. The Morgan fingerprint density at radius 2 is 2.21 bits per heavy atom. The largest absolute Gasteiger partial charge is 0.515 e. The van der Waals surface area contributed by atoms with Gasteiger partial charge in [-0.2, -0.15) is 0 Å². The smallest absolute Gasteiger partial charge is 0.342 e. The van der Waals surface area contributed by atoms with E-state index < -0.39 is 20.3 Å². The molecule has 0 aromatic carbocycles. The molecule has 1 aromatic heterocycles. The van der Waals surface area contributed by atoms with Gasteiger partial charge in [-0.15, -0.1) is 16.9 Å². The maximum Gasteiger partial charge on any atom is 0.342 e. The highest BCUT2D eigenvalue weighted by atomic mass is 32.2. The minimum Gasteiger partial charge on any atom is -0.515 e. The van der Waals surface area contributed by atoms with Crippen LogP contribution in [-0.2, 0) is 14.0 Å². The zero-order chi connectivity index (χ0) is 17.5. The maximum absolute atomic E-state index is 12.7. The summed E-state index contributed by atoms with van der Waals surface area (Å²) < 4.78 is 9.42. The summed E-state index contributed by atoms with van der Waals surface area (Å²) in [6, 6.07) is -0.557. The lowest BCUT2D eigenvalue weighted by atomic mass is 10.0. The summed E-state index contributed by atoms with van der Waals surface area (Å²) in [5, 5.41) is 5.56. The number of carbonyl (C=O) groups excluding carboxylic acids is 2. The zero-order valence-electron chi connectivity index (χ0n) is 13.6. The quantitative estimate of drug-likeness (QED) is 0.621. The van der Waals surface area contributed by atoms with Gasteiger partial charge in [0.25, 0.3) is 0 Å². The molecule has 10 heteroatoms. The molecule has 1 saturated heterocycles. The fourth-order valence-corrected chi connectivity index (χ4v) is 4.75. The molecular weight excluding hydrogens is 364 g/mol. The highest BCUT2D eigenvalue weighted by molar-refractivity contribution is 8.00. The van der Waals surface area contributed by atoms with E-state index >= 15 is 0 Å². The van der Waals surface area contributed by atoms with E-state index in [4.69, 9.17) is 10.2 Å². The first-order valence-corrected chi connectivity index (χ1v) is 12.7. The van der Waals surface area contributed by atoms with Crippen LogP contribution in [0.25, 0.3) is 6.08 Å². The average Bonchev–Trinajstić information content (AvgIpc) is 3.02. The molecule has 0 aliphatic carbocycles. The van der Waals surface area contributed by atoms with Crippen LogP contribution in [0.2, 0.25) is 19.6 Å². The first-order chi connectivity index (χ1) is 11.3. The SMILES string of the molecule is C[Si](C)(C)OC(=O)C1=C(/C=C\c2csnn2)CS[C@@H]2C(N)C(=O)N12. The van der Waals surface area contributed by atoms with E-state index in [1.807, 2.05) is 19.6 Å². The van der Waals surface area contributed by atoms with Crippen molar-refractivity contribution in [2.75, 3.05) is 5.75 Å². The van der Waals surface area contributed by atoms with E-state index in [1.165, 1.54) is 16.4 Å². The number of rotatable bonds is 4. The minimum absolute atomic E-state index is 0.195. The third kappa shape index (κ3) is 3.32. The van der Waals surface area contributed by atoms with Crippen molar-refractivity contribution in [2.45, 2.75) is 31.1 Å². The second-order valence-electron chi connectivity index (χ2n) is 6.47. The van der Waals surface area contributed by atoms with Gasteiger partial charge >= 0.3 is 5.97 Å². The molecule has 0 spiro atoms. The Morgan fingerprint density at radius 3 is 2.83 bits per heavy atom. The number of β-lactam (4-membered cyclic amide) rings is 1. The Kier molecular flexibility index (Phi) is 4.64. The number of aromatic nitrogens is 2. The van der Waals surface area contributed by atoms with Crippen molar-refractivity contribution in [3.63, 3.8) is 0 Å². The summed E-state index contributed by atoms with van der Waals surface area (Å²) in [5.41, 5.74) is 7.62. The van der Waals surface area contributed by atoms with E-state index in [1.54, 1.807) is 29.3 Å². The zero-order valence-corrected chi connectivity index (χ0v) is 16.2. The van der Waals surface area contributed by atoms with Crippen LogP contribution in [0.5, 0.6) is 0 Å². The van der Waals surface area contributed by atoms with Crippen molar-refractivity contribution >= 4 is 49.6 Å². The second kappa shape index (κ2) is 6.43. The molecular formula is C14H18N4O3S2Si. The number of allylic oxidation sites excluding steroid dienone is 1. The van der Waals surface area contributed by atoms with Crippen LogP contribution < -0.4 is 5.73 Å². The molecule has 1 amide bonds. The van der Waals surface area contributed by atoms with E-state index in [9.17, 15) is 9.59 Å². The third-order valence-corrected chi connectivity index (χ3v) is 6.11. The predicted molar refractivity (Wildman–Crippen MR) is 96.5 cm³/mol. The lowest BCUT2D eigenvalue weighted by Gasteiger charge is -2.48. The molecule has 7 nitrogen and oxygen atoms in total.